The second-order valence-corrected chi connectivity index (χ2v) is 9.77. The Morgan fingerprint density at radius 3 is 2.69 bits per heavy atom. The van der Waals surface area contributed by atoms with E-state index in [9.17, 15) is 4.79 Å². The number of pyridine rings is 1. The highest BCUT2D eigenvalue weighted by atomic mass is 35.5. The average Bonchev–Trinajstić information content (AvgIpc) is 3.26. The molecule has 1 unspecified atom stereocenters. The van der Waals surface area contributed by atoms with Gasteiger partial charge in [-0.25, -0.2) is 9.97 Å². The molecule has 0 radical (unpaired) electrons. The summed E-state index contributed by atoms with van der Waals surface area (Å²) in [5.41, 5.74) is 4.24. The van der Waals surface area contributed by atoms with Gasteiger partial charge in [0.2, 0.25) is 5.95 Å². The summed E-state index contributed by atoms with van der Waals surface area (Å²) in [6, 6.07) is 7.52. The van der Waals surface area contributed by atoms with Gasteiger partial charge in [0.15, 0.2) is 0 Å². The van der Waals surface area contributed by atoms with Crippen LogP contribution in [0.2, 0.25) is 5.02 Å². The Balaban J connectivity index is 1.46. The van der Waals surface area contributed by atoms with E-state index in [1.54, 1.807) is 18.6 Å². The first-order chi connectivity index (χ1) is 17.0. The number of rotatable bonds is 6. The van der Waals surface area contributed by atoms with Gasteiger partial charge < -0.3 is 10.6 Å². The number of hydrogen-bond acceptors (Lipinski definition) is 7. The highest BCUT2D eigenvalue weighted by Gasteiger charge is 2.52. The SMILES string of the molecule is CCNc1ncc2cc(-c3ccc(-c4cncc(C)n4)cc3Cl)c(=O)n(CC3[C@H]4CNC[C@@H]34)c2n1. The number of anilines is 1. The van der Waals surface area contributed by atoms with Gasteiger partial charge in [-0.2, -0.15) is 4.98 Å². The van der Waals surface area contributed by atoms with Gasteiger partial charge in [0, 0.05) is 52.6 Å². The van der Waals surface area contributed by atoms with Crippen LogP contribution in [0.15, 0.2) is 47.7 Å². The average molecular weight is 488 g/mol. The Bertz CT molecular complexity index is 1490. The van der Waals surface area contributed by atoms with Crippen LogP contribution in [-0.4, -0.2) is 44.1 Å². The van der Waals surface area contributed by atoms with Crippen LogP contribution in [0.25, 0.3) is 33.4 Å². The molecule has 9 heteroatoms. The van der Waals surface area contributed by atoms with Crippen molar-refractivity contribution >= 4 is 28.6 Å². The number of piperidine rings is 1. The molecule has 1 saturated heterocycles. The second kappa shape index (κ2) is 8.70. The minimum atomic E-state index is -0.0819. The maximum absolute atomic E-state index is 13.9. The maximum Gasteiger partial charge on any atom is 0.260 e. The lowest BCUT2D eigenvalue weighted by Crippen LogP contribution is -2.26. The van der Waals surface area contributed by atoms with Gasteiger partial charge in [0.05, 0.1) is 17.6 Å². The number of nitrogens with zero attached hydrogens (tertiary/aromatic N) is 5. The molecular weight excluding hydrogens is 462 g/mol. The molecule has 2 aliphatic rings. The Labute approximate surface area is 207 Å². The smallest absolute Gasteiger partial charge is 0.260 e. The van der Waals surface area contributed by atoms with Gasteiger partial charge in [0.25, 0.3) is 5.56 Å². The number of fused-ring (bicyclic) bond motifs is 2. The molecule has 1 aromatic carbocycles. The van der Waals surface area contributed by atoms with Crippen LogP contribution in [0, 0.1) is 24.7 Å². The van der Waals surface area contributed by atoms with Crippen molar-refractivity contribution in [3.8, 4) is 22.4 Å². The first kappa shape index (κ1) is 22.1. The fraction of sp³-hybridized carbons (Fsp3) is 0.346. The van der Waals surface area contributed by atoms with Crippen molar-refractivity contribution in [1.82, 2.24) is 29.8 Å². The lowest BCUT2D eigenvalue weighted by atomic mass is 10.0. The molecule has 3 aromatic heterocycles. The molecule has 2 N–H and O–H groups in total. The first-order valence-corrected chi connectivity index (χ1v) is 12.4. The minimum Gasteiger partial charge on any atom is -0.354 e. The molecule has 35 heavy (non-hydrogen) atoms. The zero-order chi connectivity index (χ0) is 24.1. The highest BCUT2D eigenvalue weighted by Crippen LogP contribution is 2.49. The third-order valence-electron chi connectivity index (χ3n) is 7.13. The Kier molecular flexibility index (Phi) is 5.50. The van der Waals surface area contributed by atoms with Crippen LogP contribution >= 0.6 is 11.6 Å². The summed E-state index contributed by atoms with van der Waals surface area (Å²) in [6.45, 7) is 7.30. The third-order valence-corrected chi connectivity index (χ3v) is 7.45. The maximum atomic E-state index is 13.9. The quantitative estimate of drug-likeness (QED) is 0.427. The molecule has 6 rings (SSSR count). The summed E-state index contributed by atoms with van der Waals surface area (Å²) < 4.78 is 1.83. The van der Waals surface area contributed by atoms with Crippen molar-refractivity contribution in [1.29, 1.82) is 0 Å². The molecule has 1 aliphatic carbocycles. The predicted octanol–water partition coefficient (Wildman–Crippen LogP) is 3.77. The summed E-state index contributed by atoms with van der Waals surface area (Å²) in [5, 5.41) is 7.90. The molecule has 0 spiro atoms. The summed E-state index contributed by atoms with van der Waals surface area (Å²) >= 11 is 6.75. The van der Waals surface area contributed by atoms with E-state index in [4.69, 9.17) is 16.6 Å². The van der Waals surface area contributed by atoms with Gasteiger partial charge in [-0.05, 0) is 56.8 Å². The van der Waals surface area contributed by atoms with Crippen molar-refractivity contribution in [3.63, 3.8) is 0 Å². The van der Waals surface area contributed by atoms with Crippen LogP contribution in [0.5, 0.6) is 0 Å². The Morgan fingerprint density at radius 2 is 1.94 bits per heavy atom. The highest BCUT2D eigenvalue weighted by molar-refractivity contribution is 6.33. The van der Waals surface area contributed by atoms with Crippen molar-refractivity contribution in [3.05, 3.63) is 63.9 Å². The summed E-state index contributed by atoms with van der Waals surface area (Å²) in [4.78, 5) is 31.8. The van der Waals surface area contributed by atoms with Crippen molar-refractivity contribution in [2.24, 2.45) is 17.8 Å². The molecule has 0 bridgehead atoms. The van der Waals surface area contributed by atoms with Crippen LogP contribution in [0.4, 0.5) is 5.95 Å². The van der Waals surface area contributed by atoms with Crippen LogP contribution in [0.3, 0.4) is 0 Å². The van der Waals surface area contributed by atoms with E-state index < -0.39 is 0 Å². The van der Waals surface area contributed by atoms with Gasteiger partial charge in [-0.15, -0.1) is 0 Å². The fourth-order valence-electron chi connectivity index (χ4n) is 5.29. The number of hydrogen-bond donors (Lipinski definition) is 2. The van der Waals surface area contributed by atoms with Gasteiger partial charge in [-0.3, -0.25) is 14.3 Å². The van der Waals surface area contributed by atoms with Crippen LogP contribution in [-0.2, 0) is 6.54 Å². The molecular formula is C26H26ClN7O. The molecule has 178 valence electrons. The van der Waals surface area contributed by atoms with E-state index in [0.717, 1.165) is 35.4 Å². The molecule has 4 aromatic rings. The zero-order valence-corrected chi connectivity index (χ0v) is 20.4. The summed E-state index contributed by atoms with van der Waals surface area (Å²) in [6.07, 6.45) is 5.20. The Hall–Kier alpha value is -3.36. The van der Waals surface area contributed by atoms with E-state index in [1.165, 1.54) is 0 Å². The number of aromatic nitrogens is 5. The third kappa shape index (κ3) is 3.96. The summed E-state index contributed by atoms with van der Waals surface area (Å²) in [7, 11) is 0. The summed E-state index contributed by atoms with van der Waals surface area (Å²) in [5.74, 6) is 2.28. The van der Waals surface area contributed by atoms with E-state index >= 15 is 0 Å². The minimum absolute atomic E-state index is 0.0819. The molecule has 1 aliphatic heterocycles. The van der Waals surface area contributed by atoms with E-state index in [0.29, 0.717) is 58.6 Å². The predicted molar refractivity (Wildman–Crippen MR) is 138 cm³/mol. The van der Waals surface area contributed by atoms with Crippen LogP contribution < -0.4 is 16.2 Å². The molecule has 0 amide bonds. The normalized spacial score (nSPS) is 20.7. The standard InChI is InChI=1S/C26H26ClN7O/c1-3-30-26-31-9-16-6-18(17-5-4-15(7-22(17)27)23-12-28-8-14(2)32-23)25(35)34(24(16)33-26)13-21-19-10-29-11-20(19)21/h4-9,12,19-21,29H,3,10-11,13H2,1-2H3,(H,30,31,33)/t19-,20+,21?. The largest absolute Gasteiger partial charge is 0.354 e. The number of benzene rings is 1. The first-order valence-electron chi connectivity index (χ1n) is 12.0. The number of halogens is 1. The fourth-order valence-corrected chi connectivity index (χ4v) is 5.57. The van der Waals surface area contributed by atoms with Crippen molar-refractivity contribution in [2.75, 3.05) is 25.0 Å². The molecule has 3 atom stereocenters. The molecule has 1 saturated carbocycles. The van der Waals surface area contributed by atoms with E-state index in [1.807, 2.05) is 42.7 Å². The number of aryl methyl sites for hydroxylation is 1. The van der Waals surface area contributed by atoms with Crippen molar-refractivity contribution in [2.45, 2.75) is 20.4 Å². The molecule has 4 heterocycles. The lowest BCUT2D eigenvalue weighted by Gasteiger charge is -2.15. The van der Waals surface area contributed by atoms with Gasteiger partial charge in [0.1, 0.15) is 5.65 Å². The van der Waals surface area contributed by atoms with Crippen LogP contribution in [0.1, 0.15) is 12.6 Å². The van der Waals surface area contributed by atoms with E-state index in [-0.39, 0.29) is 5.56 Å². The monoisotopic (exact) mass is 487 g/mol. The molecule has 2 fully saturated rings. The number of nitrogens with one attached hydrogen (secondary N) is 2. The lowest BCUT2D eigenvalue weighted by molar-refractivity contribution is 0.515. The second-order valence-electron chi connectivity index (χ2n) is 9.37. The Morgan fingerprint density at radius 1 is 1.11 bits per heavy atom. The van der Waals surface area contributed by atoms with E-state index in [2.05, 4.69) is 25.6 Å². The van der Waals surface area contributed by atoms with Gasteiger partial charge in [-0.1, -0.05) is 23.7 Å². The zero-order valence-electron chi connectivity index (χ0n) is 19.6. The topological polar surface area (TPSA) is 97.6 Å². The molecule has 8 nitrogen and oxygen atoms in total. The van der Waals surface area contributed by atoms with Crippen molar-refractivity contribution < 1.29 is 0 Å². The van der Waals surface area contributed by atoms with Gasteiger partial charge >= 0.3 is 0 Å².